The summed E-state index contributed by atoms with van der Waals surface area (Å²) in [4.78, 5) is 0. The molecule has 0 heterocycles. The first-order chi connectivity index (χ1) is 8.46. The van der Waals surface area contributed by atoms with Crippen LogP contribution in [0.2, 0.25) is 0 Å². The van der Waals surface area contributed by atoms with Crippen molar-refractivity contribution in [2.24, 2.45) is 0 Å². The van der Waals surface area contributed by atoms with E-state index in [1.807, 2.05) is 45.0 Å². The van der Waals surface area contributed by atoms with Gasteiger partial charge in [0.05, 0.1) is 0 Å². The number of nitrogens with one attached hydrogen (secondary N) is 1. The summed E-state index contributed by atoms with van der Waals surface area (Å²) < 4.78 is 20.0. The Morgan fingerprint density at radius 1 is 1.33 bits per heavy atom. The van der Waals surface area contributed by atoms with E-state index in [0.717, 1.165) is 11.4 Å². The highest BCUT2D eigenvalue weighted by molar-refractivity contribution is 7.86. The number of anilines is 1. The van der Waals surface area contributed by atoms with E-state index in [0.29, 0.717) is 12.2 Å². The van der Waals surface area contributed by atoms with Gasteiger partial charge in [-0.3, -0.25) is 0 Å². The minimum atomic E-state index is -1.03. The number of benzene rings is 1. The smallest absolute Gasteiger partial charge is 0.120 e. The van der Waals surface area contributed by atoms with Gasteiger partial charge in [-0.2, -0.15) is 0 Å². The van der Waals surface area contributed by atoms with Gasteiger partial charge in [0.1, 0.15) is 22.3 Å². The maximum Gasteiger partial charge on any atom is 0.120 e. The fourth-order valence-corrected chi connectivity index (χ4v) is 1.98. The van der Waals surface area contributed by atoms with Crippen molar-refractivity contribution in [3.8, 4) is 5.75 Å². The Hall–Kier alpha value is -1.07. The van der Waals surface area contributed by atoms with Crippen LogP contribution < -0.4 is 9.46 Å². The summed E-state index contributed by atoms with van der Waals surface area (Å²) in [5.41, 5.74) is 0.415. The molecule has 1 rings (SSSR count). The van der Waals surface area contributed by atoms with E-state index in [4.69, 9.17) is 9.84 Å². The zero-order chi connectivity index (χ0) is 13.6. The summed E-state index contributed by atoms with van der Waals surface area (Å²) in [5.74, 6) is 1.31. The fourth-order valence-electron chi connectivity index (χ4n) is 1.43. The van der Waals surface area contributed by atoms with Crippen LogP contribution in [0.4, 0.5) is 5.69 Å². The molecule has 1 unspecified atom stereocenters. The van der Waals surface area contributed by atoms with Crippen LogP contribution in [0.25, 0.3) is 0 Å². The standard InChI is InChI=1S/C13H21NO3S/c1-4-18(16)14-11-5-7-12(8-6-11)17-13(2,3)9-10-15/h5-8,14-15H,4,9-10H2,1-3H3. The van der Waals surface area contributed by atoms with E-state index in [-0.39, 0.29) is 6.61 Å². The molecule has 0 aliphatic carbocycles. The van der Waals surface area contributed by atoms with Crippen LogP contribution in [0.15, 0.2) is 24.3 Å². The summed E-state index contributed by atoms with van der Waals surface area (Å²) in [6.07, 6.45) is 0.576. The summed E-state index contributed by atoms with van der Waals surface area (Å²) in [6, 6.07) is 7.32. The molecule has 0 fully saturated rings. The fraction of sp³-hybridized carbons (Fsp3) is 0.538. The number of aliphatic hydroxyl groups is 1. The molecule has 102 valence electrons. The van der Waals surface area contributed by atoms with Crippen LogP contribution >= 0.6 is 0 Å². The lowest BCUT2D eigenvalue weighted by atomic mass is 10.1. The van der Waals surface area contributed by atoms with E-state index in [9.17, 15) is 4.21 Å². The third-order valence-electron chi connectivity index (χ3n) is 2.46. The molecule has 18 heavy (non-hydrogen) atoms. The van der Waals surface area contributed by atoms with Gasteiger partial charge in [0.25, 0.3) is 0 Å². The van der Waals surface area contributed by atoms with Crippen molar-refractivity contribution < 1.29 is 14.1 Å². The minimum Gasteiger partial charge on any atom is -0.488 e. The molecule has 1 aromatic carbocycles. The third-order valence-corrected chi connectivity index (χ3v) is 3.44. The summed E-state index contributed by atoms with van der Waals surface area (Å²) in [6.45, 7) is 5.82. The van der Waals surface area contributed by atoms with Crippen molar-refractivity contribution in [2.75, 3.05) is 17.1 Å². The van der Waals surface area contributed by atoms with E-state index in [1.165, 1.54) is 0 Å². The summed E-state index contributed by atoms with van der Waals surface area (Å²) in [5, 5.41) is 8.93. The normalized spacial score (nSPS) is 13.1. The molecule has 2 N–H and O–H groups in total. The monoisotopic (exact) mass is 271 g/mol. The number of ether oxygens (including phenoxy) is 1. The van der Waals surface area contributed by atoms with Gasteiger partial charge in [-0.25, -0.2) is 4.21 Å². The van der Waals surface area contributed by atoms with E-state index in [1.54, 1.807) is 0 Å². The molecule has 0 amide bonds. The highest BCUT2D eigenvalue weighted by atomic mass is 32.2. The lowest BCUT2D eigenvalue weighted by Crippen LogP contribution is -2.29. The van der Waals surface area contributed by atoms with E-state index >= 15 is 0 Å². The van der Waals surface area contributed by atoms with Crippen LogP contribution in [0.3, 0.4) is 0 Å². The Balaban J connectivity index is 2.63. The third kappa shape index (κ3) is 5.06. The van der Waals surface area contributed by atoms with Crippen LogP contribution in [0, 0.1) is 0 Å². The lowest BCUT2D eigenvalue weighted by Gasteiger charge is -2.25. The van der Waals surface area contributed by atoms with Gasteiger partial charge >= 0.3 is 0 Å². The average Bonchev–Trinajstić information content (AvgIpc) is 2.31. The Bertz CT molecular complexity index is 390. The van der Waals surface area contributed by atoms with Crippen molar-refractivity contribution in [1.82, 2.24) is 0 Å². The number of hydrogen-bond donors (Lipinski definition) is 2. The molecule has 5 heteroatoms. The minimum absolute atomic E-state index is 0.0993. The molecule has 0 saturated heterocycles. The maximum absolute atomic E-state index is 11.3. The molecule has 0 saturated carbocycles. The SMILES string of the molecule is CCS(=O)Nc1ccc(OC(C)(C)CCO)cc1. The molecule has 0 spiro atoms. The topological polar surface area (TPSA) is 58.6 Å². The molecular formula is C13H21NO3S. The number of aliphatic hydroxyl groups excluding tert-OH is 1. The van der Waals surface area contributed by atoms with E-state index < -0.39 is 16.6 Å². The Kier molecular flexibility index (Phi) is 5.62. The second-order valence-electron chi connectivity index (χ2n) is 4.60. The molecule has 0 aromatic heterocycles. The molecular weight excluding hydrogens is 250 g/mol. The van der Waals surface area contributed by atoms with Crippen LogP contribution in [0.1, 0.15) is 27.2 Å². The first-order valence-electron chi connectivity index (χ1n) is 6.02. The van der Waals surface area contributed by atoms with E-state index in [2.05, 4.69) is 4.72 Å². The largest absolute Gasteiger partial charge is 0.488 e. The molecule has 0 aliphatic rings. The molecule has 0 bridgehead atoms. The highest BCUT2D eigenvalue weighted by Gasteiger charge is 2.18. The predicted octanol–water partition coefficient (Wildman–Crippen LogP) is 2.32. The molecule has 1 aromatic rings. The summed E-state index contributed by atoms with van der Waals surface area (Å²) in [7, 11) is -1.03. The van der Waals surface area contributed by atoms with Gasteiger partial charge in [0, 0.05) is 24.5 Å². The van der Waals surface area contributed by atoms with Crippen molar-refractivity contribution in [1.29, 1.82) is 0 Å². The molecule has 0 aliphatic heterocycles. The quantitative estimate of drug-likeness (QED) is 0.800. The lowest BCUT2D eigenvalue weighted by molar-refractivity contribution is 0.0765. The van der Waals surface area contributed by atoms with Gasteiger partial charge in [0.2, 0.25) is 0 Å². The Morgan fingerprint density at radius 3 is 2.44 bits per heavy atom. The summed E-state index contributed by atoms with van der Waals surface area (Å²) >= 11 is 0. The number of rotatable bonds is 7. The molecule has 1 atom stereocenters. The second kappa shape index (κ2) is 6.75. The van der Waals surface area contributed by atoms with Crippen LogP contribution in [-0.2, 0) is 11.0 Å². The second-order valence-corrected chi connectivity index (χ2v) is 6.07. The van der Waals surface area contributed by atoms with Crippen LogP contribution in [0.5, 0.6) is 5.75 Å². The van der Waals surface area contributed by atoms with Gasteiger partial charge in [-0.05, 0) is 38.1 Å². The first kappa shape index (κ1) is 15.0. The average molecular weight is 271 g/mol. The van der Waals surface area contributed by atoms with Crippen molar-refractivity contribution in [2.45, 2.75) is 32.8 Å². The number of hydrogen-bond acceptors (Lipinski definition) is 3. The van der Waals surface area contributed by atoms with Gasteiger partial charge in [0.15, 0.2) is 0 Å². The Labute approximate surface area is 111 Å². The van der Waals surface area contributed by atoms with Gasteiger partial charge in [-0.1, -0.05) is 6.92 Å². The van der Waals surface area contributed by atoms with Gasteiger partial charge < -0.3 is 14.6 Å². The van der Waals surface area contributed by atoms with Crippen molar-refractivity contribution >= 4 is 16.7 Å². The van der Waals surface area contributed by atoms with Crippen molar-refractivity contribution in [3.63, 3.8) is 0 Å². The zero-order valence-electron chi connectivity index (χ0n) is 11.1. The predicted molar refractivity (Wildman–Crippen MR) is 75.2 cm³/mol. The van der Waals surface area contributed by atoms with Crippen LogP contribution in [-0.4, -0.2) is 27.3 Å². The molecule has 4 nitrogen and oxygen atoms in total. The van der Waals surface area contributed by atoms with Gasteiger partial charge in [-0.15, -0.1) is 0 Å². The zero-order valence-corrected chi connectivity index (χ0v) is 11.9. The molecule has 0 radical (unpaired) electrons. The van der Waals surface area contributed by atoms with Crippen molar-refractivity contribution in [3.05, 3.63) is 24.3 Å². The highest BCUT2D eigenvalue weighted by Crippen LogP contribution is 2.22. The Morgan fingerprint density at radius 2 is 1.94 bits per heavy atom. The first-order valence-corrected chi connectivity index (χ1v) is 7.33. The maximum atomic E-state index is 11.3.